The highest BCUT2D eigenvalue weighted by Gasteiger charge is 2.17. The van der Waals surface area contributed by atoms with Gasteiger partial charge in [-0.15, -0.1) is 10.2 Å². The number of aryl methyl sites for hydroxylation is 1. The molecule has 0 unspecified atom stereocenters. The van der Waals surface area contributed by atoms with Gasteiger partial charge in [0, 0.05) is 37.4 Å². The van der Waals surface area contributed by atoms with Gasteiger partial charge < -0.3 is 19.9 Å². The van der Waals surface area contributed by atoms with E-state index >= 15 is 0 Å². The number of nitrogens with one attached hydrogen (secondary N) is 2. The zero-order chi connectivity index (χ0) is 17.8. The predicted molar refractivity (Wildman–Crippen MR) is 106 cm³/mol. The molecule has 2 N–H and O–H groups in total. The minimum atomic E-state index is 0.278. The van der Waals surface area contributed by atoms with Gasteiger partial charge in [0.25, 0.3) is 0 Å². The van der Waals surface area contributed by atoms with Crippen LogP contribution in [0.2, 0.25) is 0 Å². The van der Waals surface area contributed by atoms with E-state index in [1.54, 1.807) is 0 Å². The Morgan fingerprint density at radius 1 is 1.15 bits per heavy atom. The Balaban J connectivity index is 1.37. The van der Waals surface area contributed by atoms with Gasteiger partial charge >= 0.3 is 0 Å². The van der Waals surface area contributed by atoms with Crippen LogP contribution in [0.3, 0.4) is 0 Å². The van der Waals surface area contributed by atoms with E-state index in [4.69, 9.17) is 17.0 Å². The first-order valence-corrected chi connectivity index (χ1v) is 9.89. The van der Waals surface area contributed by atoms with Gasteiger partial charge in [-0.2, -0.15) is 0 Å². The number of benzene rings is 1. The van der Waals surface area contributed by atoms with E-state index in [0.29, 0.717) is 5.11 Å². The van der Waals surface area contributed by atoms with Gasteiger partial charge in [-0.25, -0.2) is 0 Å². The van der Waals surface area contributed by atoms with Crippen molar-refractivity contribution >= 4 is 23.0 Å². The lowest BCUT2D eigenvalue weighted by molar-refractivity contribution is 0.114. The van der Waals surface area contributed by atoms with Gasteiger partial charge in [0.15, 0.2) is 10.9 Å². The summed E-state index contributed by atoms with van der Waals surface area (Å²) in [5.74, 6) is 2.08. The van der Waals surface area contributed by atoms with E-state index < -0.39 is 0 Å². The van der Waals surface area contributed by atoms with Crippen molar-refractivity contribution in [2.75, 3.05) is 18.5 Å². The van der Waals surface area contributed by atoms with Crippen LogP contribution in [0.4, 0.5) is 5.69 Å². The van der Waals surface area contributed by atoms with Crippen LogP contribution in [0.15, 0.2) is 24.3 Å². The van der Waals surface area contributed by atoms with Crippen LogP contribution in [-0.4, -0.2) is 39.1 Å². The third-order valence-electron chi connectivity index (χ3n) is 5.02. The molecule has 0 bridgehead atoms. The molecule has 0 saturated carbocycles. The molecule has 1 atom stereocenters. The maximum atomic E-state index is 5.60. The SMILES string of the molecule is S=C(NC[C@H]1CCCO1)Nc1ccc(-c2nnc3n2CCCCC3)cc1. The van der Waals surface area contributed by atoms with Crippen LogP contribution in [0.25, 0.3) is 11.4 Å². The summed E-state index contributed by atoms with van der Waals surface area (Å²) < 4.78 is 7.87. The van der Waals surface area contributed by atoms with E-state index in [1.807, 2.05) is 12.1 Å². The predicted octanol–water partition coefficient (Wildman–Crippen LogP) is 3.14. The topological polar surface area (TPSA) is 64.0 Å². The number of rotatable bonds is 4. The highest BCUT2D eigenvalue weighted by atomic mass is 32.1. The Morgan fingerprint density at radius 2 is 2.04 bits per heavy atom. The Bertz CT molecular complexity index is 752. The number of fused-ring (bicyclic) bond motifs is 1. The summed E-state index contributed by atoms with van der Waals surface area (Å²) in [5.41, 5.74) is 2.06. The molecule has 1 aromatic carbocycles. The summed E-state index contributed by atoms with van der Waals surface area (Å²) in [6.07, 6.45) is 7.21. The third kappa shape index (κ3) is 4.04. The summed E-state index contributed by atoms with van der Waals surface area (Å²) in [7, 11) is 0. The van der Waals surface area contributed by atoms with Gasteiger partial charge in [0.05, 0.1) is 6.10 Å². The standard InChI is InChI=1S/C19H25N5OS/c26-19(20-13-16-5-4-12-25-16)21-15-9-7-14(8-10-15)18-23-22-17-6-2-1-3-11-24(17)18/h7-10,16H,1-6,11-13H2,(H2,20,21,26)/t16-/m1/s1. The van der Waals surface area contributed by atoms with Gasteiger partial charge in [-0.05, 0) is 62.2 Å². The van der Waals surface area contributed by atoms with Gasteiger partial charge in [0.1, 0.15) is 5.82 Å². The molecule has 2 aliphatic rings. The first-order chi connectivity index (χ1) is 12.8. The quantitative estimate of drug-likeness (QED) is 0.805. The average Bonchev–Trinajstić information content (AvgIpc) is 3.26. The molecule has 1 saturated heterocycles. The van der Waals surface area contributed by atoms with Crippen LogP contribution < -0.4 is 10.6 Å². The molecule has 7 heteroatoms. The van der Waals surface area contributed by atoms with Gasteiger partial charge in [-0.3, -0.25) is 0 Å². The molecule has 26 heavy (non-hydrogen) atoms. The fourth-order valence-electron chi connectivity index (χ4n) is 3.59. The molecule has 138 valence electrons. The lowest BCUT2D eigenvalue weighted by Gasteiger charge is -2.14. The average molecular weight is 372 g/mol. The van der Waals surface area contributed by atoms with Crippen molar-refractivity contribution < 1.29 is 4.74 Å². The molecule has 6 nitrogen and oxygen atoms in total. The number of nitrogens with zero attached hydrogens (tertiary/aromatic N) is 3. The second kappa shape index (κ2) is 8.14. The van der Waals surface area contributed by atoms with E-state index in [1.165, 1.54) is 19.3 Å². The summed E-state index contributed by atoms with van der Waals surface area (Å²) in [6.45, 7) is 2.63. The fraction of sp³-hybridized carbons (Fsp3) is 0.526. The molecular formula is C19H25N5OS. The second-order valence-corrected chi connectivity index (χ2v) is 7.36. The number of aromatic nitrogens is 3. The van der Waals surface area contributed by atoms with E-state index in [0.717, 1.165) is 61.9 Å². The van der Waals surface area contributed by atoms with E-state index in [-0.39, 0.29) is 6.10 Å². The second-order valence-electron chi connectivity index (χ2n) is 6.95. The molecule has 2 aliphatic heterocycles. The number of hydrogen-bond acceptors (Lipinski definition) is 4. The summed E-state index contributed by atoms with van der Waals surface area (Å²) >= 11 is 5.37. The lowest BCUT2D eigenvalue weighted by Crippen LogP contribution is -2.34. The van der Waals surface area contributed by atoms with Crippen LogP contribution in [0.1, 0.15) is 37.9 Å². The molecule has 1 aromatic heterocycles. The number of thiocarbonyl (C=S) groups is 1. The van der Waals surface area contributed by atoms with Crippen LogP contribution in [0.5, 0.6) is 0 Å². The molecule has 0 radical (unpaired) electrons. The number of anilines is 1. The van der Waals surface area contributed by atoms with Crippen LogP contribution in [0, 0.1) is 0 Å². The first-order valence-electron chi connectivity index (χ1n) is 9.48. The van der Waals surface area contributed by atoms with E-state index in [2.05, 4.69) is 37.5 Å². The highest BCUT2D eigenvalue weighted by Crippen LogP contribution is 2.24. The molecule has 4 rings (SSSR count). The zero-order valence-electron chi connectivity index (χ0n) is 14.9. The molecule has 0 spiro atoms. The van der Waals surface area contributed by atoms with Crippen LogP contribution in [-0.2, 0) is 17.7 Å². The number of ether oxygens (including phenoxy) is 1. The normalized spacial score (nSPS) is 19.6. The maximum Gasteiger partial charge on any atom is 0.170 e. The Kier molecular flexibility index (Phi) is 5.45. The Hall–Kier alpha value is -1.99. The van der Waals surface area contributed by atoms with Crippen molar-refractivity contribution in [1.82, 2.24) is 20.1 Å². The summed E-state index contributed by atoms with van der Waals surface area (Å²) in [4.78, 5) is 0. The van der Waals surface area contributed by atoms with Crippen molar-refractivity contribution in [3.05, 3.63) is 30.1 Å². The molecule has 0 amide bonds. The van der Waals surface area contributed by atoms with Crippen molar-refractivity contribution in [3.63, 3.8) is 0 Å². The van der Waals surface area contributed by atoms with Gasteiger partial charge in [0.2, 0.25) is 0 Å². The molecule has 0 aliphatic carbocycles. The fourth-order valence-corrected chi connectivity index (χ4v) is 3.79. The molecular weight excluding hydrogens is 346 g/mol. The minimum absolute atomic E-state index is 0.278. The van der Waals surface area contributed by atoms with Crippen LogP contribution >= 0.6 is 12.2 Å². The molecule has 1 fully saturated rings. The molecule has 3 heterocycles. The largest absolute Gasteiger partial charge is 0.376 e. The summed E-state index contributed by atoms with van der Waals surface area (Å²) in [6, 6.07) is 8.22. The maximum absolute atomic E-state index is 5.60. The summed E-state index contributed by atoms with van der Waals surface area (Å²) in [5, 5.41) is 15.9. The minimum Gasteiger partial charge on any atom is -0.376 e. The van der Waals surface area contributed by atoms with Crippen molar-refractivity contribution in [1.29, 1.82) is 0 Å². The lowest BCUT2D eigenvalue weighted by atomic mass is 10.2. The molecule has 2 aromatic rings. The number of hydrogen-bond donors (Lipinski definition) is 2. The van der Waals surface area contributed by atoms with E-state index in [9.17, 15) is 0 Å². The first kappa shape index (κ1) is 17.4. The third-order valence-corrected chi connectivity index (χ3v) is 5.27. The Labute approximate surface area is 159 Å². The van der Waals surface area contributed by atoms with Crippen molar-refractivity contribution in [2.24, 2.45) is 0 Å². The van der Waals surface area contributed by atoms with Gasteiger partial charge in [-0.1, -0.05) is 6.42 Å². The Morgan fingerprint density at radius 3 is 2.85 bits per heavy atom. The smallest absolute Gasteiger partial charge is 0.170 e. The zero-order valence-corrected chi connectivity index (χ0v) is 15.7. The van der Waals surface area contributed by atoms with Crippen molar-refractivity contribution in [3.8, 4) is 11.4 Å². The highest BCUT2D eigenvalue weighted by molar-refractivity contribution is 7.80. The monoisotopic (exact) mass is 371 g/mol. The van der Waals surface area contributed by atoms with Crippen molar-refractivity contribution in [2.45, 2.75) is 51.2 Å².